The molecular formula is C11H19NO3. The maximum absolute atomic E-state index is 11.6. The van der Waals surface area contributed by atoms with E-state index in [2.05, 4.69) is 4.90 Å². The van der Waals surface area contributed by atoms with Crippen molar-refractivity contribution in [3.63, 3.8) is 0 Å². The molecule has 0 aromatic carbocycles. The molecule has 1 heterocycles. The summed E-state index contributed by atoms with van der Waals surface area (Å²) in [4.78, 5) is 24.8. The third-order valence-corrected chi connectivity index (χ3v) is 3.15. The number of carboxylic acids is 1. The first-order valence-electron chi connectivity index (χ1n) is 5.20. The molecule has 15 heavy (non-hydrogen) atoms. The van der Waals surface area contributed by atoms with E-state index in [1.54, 1.807) is 0 Å². The highest BCUT2D eigenvalue weighted by molar-refractivity contribution is 6.03. The van der Waals surface area contributed by atoms with Gasteiger partial charge in [0, 0.05) is 25.0 Å². The second-order valence-corrected chi connectivity index (χ2v) is 5.40. The SMILES string of the molecule is CC1(C(=O)O)CN(C(C)(C)C)CCC1=O. The smallest absolute Gasteiger partial charge is 0.318 e. The van der Waals surface area contributed by atoms with Gasteiger partial charge in [-0.15, -0.1) is 0 Å². The molecule has 0 radical (unpaired) electrons. The normalized spacial score (nSPS) is 29.2. The van der Waals surface area contributed by atoms with Gasteiger partial charge in [0.1, 0.15) is 5.41 Å². The van der Waals surface area contributed by atoms with Crippen molar-refractivity contribution in [2.75, 3.05) is 13.1 Å². The number of nitrogens with zero attached hydrogens (tertiary/aromatic N) is 1. The number of ketones is 1. The predicted octanol–water partition coefficient (Wildman–Crippen LogP) is 1.15. The molecule has 1 unspecified atom stereocenters. The van der Waals surface area contributed by atoms with E-state index in [-0.39, 0.29) is 11.3 Å². The van der Waals surface area contributed by atoms with Crippen LogP contribution in [0.5, 0.6) is 0 Å². The first kappa shape index (κ1) is 12.2. The third kappa shape index (κ3) is 2.20. The second-order valence-electron chi connectivity index (χ2n) is 5.40. The Morgan fingerprint density at radius 3 is 2.40 bits per heavy atom. The molecule has 4 heteroatoms. The van der Waals surface area contributed by atoms with Crippen molar-refractivity contribution < 1.29 is 14.7 Å². The molecule has 0 aromatic rings. The van der Waals surface area contributed by atoms with Crippen molar-refractivity contribution >= 4 is 11.8 Å². The maximum atomic E-state index is 11.6. The van der Waals surface area contributed by atoms with Gasteiger partial charge in [-0.05, 0) is 27.7 Å². The molecule has 86 valence electrons. The van der Waals surface area contributed by atoms with Crippen LogP contribution in [0.2, 0.25) is 0 Å². The van der Waals surface area contributed by atoms with Crippen LogP contribution in [-0.4, -0.2) is 40.4 Å². The predicted molar refractivity (Wildman–Crippen MR) is 56.7 cm³/mol. The monoisotopic (exact) mass is 213 g/mol. The standard InChI is InChI=1S/C11H19NO3/c1-10(2,3)12-6-5-8(13)11(4,7-12)9(14)15/h5-7H2,1-4H3,(H,14,15). The fourth-order valence-corrected chi connectivity index (χ4v) is 1.82. The Bertz CT molecular complexity index is 293. The minimum atomic E-state index is -1.23. The van der Waals surface area contributed by atoms with Gasteiger partial charge in [0.25, 0.3) is 0 Å². The average molecular weight is 213 g/mol. The zero-order valence-corrected chi connectivity index (χ0v) is 9.83. The molecule has 1 N–H and O–H groups in total. The van der Waals surface area contributed by atoms with E-state index in [9.17, 15) is 9.59 Å². The molecule has 0 saturated carbocycles. The summed E-state index contributed by atoms with van der Waals surface area (Å²) in [6.45, 7) is 8.59. The van der Waals surface area contributed by atoms with Crippen LogP contribution in [0.4, 0.5) is 0 Å². The van der Waals surface area contributed by atoms with Gasteiger partial charge in [0.15, 0.2) is 5.78 Å². The van der Waals surface area contributed by atoms with Gasteiger partial charge < -0.3 is 5.11 Å². The highest BCUT2D eigenvalue weighted by Gasteiger charge is 2.46. The van der Waals surface area contributed by atoms with Crippen LogP contribution in [-0.2, 0) is 9.59 Å². The number of aliphatic carboxylic acids is 1. The molecular weight excluding hydrogens is 194 g/mol. The van der Waals surface area contributed by atoms with Crippen LogP contribution in [0.25, 0.3) is 0 Å². The largest absolute Gasteiger partial charge is 0.480 e. The summed E-state index contributed by atoms with van der Waals surface area (Å²) in [5, 5.41) is 9.10. The number of hydrogen-bond acceptors (Lipinski definition) is 3. The van der Waals surface area contributed by atoms with Gasteiger partial charge in [-0.3, -0.25) is 14.5 Å². The van der Waals surface area contributed by atoms with Crippen molar-refractivity contribution in [3.05, 3.63) is 0 Å². The summed E-state index contributed by atoms with van der Waals surface area (Å²) < 4.78 is 0. The van der Waals surface area contributed by atoms with Gasteiger partial charge in [-0.25, -0.2) is 0 Å². The van der Waals surface area contributed by atoms with E-state index in [0.29, 0.717) is 19.5 Å². The van der Waals surface area contributed by atoms with Gasteiger partial charge in [-0.2, -0.15) is 0 Å². The average Bonchev–Trinajstić information content (AvgIpc) is 2.07. The fraction of sp³-hybridized carbons (Fsp3) is 0.818. The van der Waals surface area contributed by atoms with Gasteiger partial charge in [0.05, 0.1) is 0 Å². The van der Waals surface area contributed by atoms with Gasteiger partial charge in [-0.1, -0.05) is 0 Å². The molecule has 1 atom stereocenters. The van der Waals surface area contributed by atoms with Crippen LogP contribution in [0.3, 0.4) is 0 Å². The molecule has 1 rings (SSSR count). The summed E-state index contributed by atoms with van der Waals surface area (Å²) in [6, 6.07) is 0. The topological polar surface area (TPSA) is 57.6 Å². The number of carbonyl (C=O) groups excluding carboxylic acids is 1. The van der Waals surface area contributed by atoms with Crippen LogP contribution >= 0.6 is 0 Å². The van der Waals surface area contributed by atoms with Crippen LogP contribution in [0.1, 0.15) is 34.1 Å². The zero-order chi connectivity index (χ0) is 11.9. The lowest BCUT2D eigenvalue weighted by molar-refractivity contribution is -0.159. The van der Waals surface area contributed by atoms with E-state index >= 15 is 0 Å². The highest BCUT2D eigenvalue weighted by atomic mass is 16.4. The maximum Gasteiger partial charge on any atom is 0.318 e. The lowest BCUT2D eigenvalue weighted by Gasteiger charge is -2.43. The van der Waals surface area contributed by atoms with Crippen LogP contribution in [0.15, 0.2) is 0 Å². The molecule has 0 spiro atoms. The number of rotatable bonds is 1. The van der Waals surface area contributed by atoms with Crippen molar-refractivity contribution in [3.8, 4) is 0 Å². The lowest BCUT2D eigenvalue weighted by Crippen LogP contribution is -2.57. The quantitative estimate of drug-likeness (QED) is 0.664. The van der Waals surface area contributed by atoms with Crippen LogP contribution < -0.4 is 0 Å². The first-order valence-corrected chi connectivity index (χ1v) is 5.20. The summed E-state index contributed by atoms with van der Waals surface area (Å²) in [5.74, 6) is -1.17. The Kier molecular flexibility index (Phi) is 2.92. The molecule has 0 bridgehead atoms. The van der Waals surface area contributed by atoms with Gasteiger partial charge in [0.2, 0.25) is 0 Å². The summed E-state index contributed by atoms with van der Waals surface area (Å²) >= 11 is 0. The first-order chi connectivity index (χ1) is 6.68. The Labute approximate surface area is 90.3 Å². The van der Waals surface area contributed by atoms with Crippen molar-refractivity contribution in [1.29, 1.82) is 0 Å². The number of Topliss-reactive ketones (excluding diaryl/α,β-unsaturated/α-hetero) is 1. The van der Waals surface area contributed by atoms with E-state index in [1.807, 2.05) is 20.8 Å². The van der Waals surface area contributed by atoms with E-state index < -0.39 is 11.4 Å². The number of likely N-dealkylation sites (tertiary alicyclic amines) is 1. The van der Waals surface area contributed by atoms with E-state index in [1.165, 1.54) is 6.92 Å². The molecule has 1 aliphatic rings. The fourth-order valence-electron chi connectivity index (χ4n) is 1.82. The lowest BCUT2D eigenvalue weighted by atomic mass is 9.79. The molecule has 0 aliphatic carbocycles. The zero-order valence-electron chi connectivity index (χ0n) is 9.83. The second kappa shape index (κ2) is 3.59. The Balaban J connectivity index is 2.91. The van der Waals surface area contributed by atoms with E-state index in [4.69, 9.17) is 5.11 Å². The third-order valence-electron chi connectivity index (χ3n) is 3.15. The highest BCUT2D eigenvalue weighted by Crippen LogP contribution is 2.30. The van der Waals surface area contributed by atoms with Crippen LogP contribution in [0, 0.1) is 5.41 Å². The molecule has 0 amide bonds. The number of hydrogen-bond donors (Lipinski definition) is 1. The molecule has 1 fully saturated rings. The number of carbonyl (C=O) groups is 2. The van der Waals surface area contributed by atoms with Crippen molar-refractivity contribution in [1.82, 2.24) is 4.90 Å². The van der Waals surface area contributed by atoms with Gasteiger partial charge >= 0.3 is 5.97 Å². The number of piperidine rings is 1. The minimum Gasteiger partial charge on any atom is -0.480 e. The Hall–Kier alpha value is -0.900. The van der Waals surface area contributed by atoms with E-state index in [0.717, 1.165) is 0 Å². The molecule has 4 nitrogen and oxygen atoms in total. The molecule has 1 aliphatic heterocycles. The van der Waals surface area contributed by atoms with Crippen molar-refractivity contribution in [2.24, 2.45) is 5.41 Å². The Morgan fingerprint density at radius 1 is 1.47 bits per heavy atom. The number of carboxylic acid groups (broad SMARTS) is 1. The van der Waals surface area contributed by atoms with Crippen molar-refractivity contribution in [2.45, 2.75) is 39.7 Å². The Morgan fingerprint density at radius 2 is 2.00 bits per heavy atom. The summed E-state index contributed by atoms with van der Waals surface area (Å²) in [7, 11) is 0. The molecule has 0 aromatic heterocycles. The summed E-state index contributed by atoms with van der Waals surface area (Å²) in [5.41, 5.74) is -1.32. The minimum absolute atomic E-state index is 0.0859. The summed E-state index contributed by atoms with van der Waals surface area (Å²) in [6.07, 6.45) is 0.333. The molecule has 1 saturated heterocycles.